The lowest BCUT2D eigenvalue weighted by molar-refractivity contribution is -0.159. The standard InChI is InChI=1S/C12H12F3NO2S/c1-18-9-5-3-2-4-8(9)11-16(7-12(13,14)15)10(17)6-19-11/h2-5,11H,6-7H2,1H3. The van der Waals surface area contributed by atoms with Crippen LogP contribution in [-0.4, -0.2) is 36.4 Å². The van der Waals surface area contributed by atoms with E-state index in [4.69, 9.17) is 4.74 Å². The highest BCUT2D eigenvalue weighted by Crippen LogP contribution is 2.43. The molecule has 0 spiro atoms. The van der Waals surface area contributed by atoms with Gasteiger partial charge in [0.1, 0.15) is 17.7 Å². The Morgan fingerprint density at radius 1 is 1.42 bits per heavy atom. The van der Waals surface area contributed by atoms with Crippen LogP contribution >= 0.6 is 11.8 Å². The molecule has 0 aromatic heterocycles. The molecule has 1 atom stereocenters. The first-order valence-corrected chi connectivity index (χ1v) is 6.58. The fourth-order valence-corrected chi connectivity index (χ4v) is 3.16. The Labute approximate surface area is 112 Å². The second kappa shape index (κ2) is 5.32. The molecule has 0 saturated carbocycles. The van der Waals surface area contributed by atoms with Gasteiger partial charge in [0.15, 0.2) is 0 Å². The van der Waals surface area contributed by atoms with Crippen LogP contribution in [0.4, 0.5) is 13.2 Å². The molecular formula is C12H12F3NO2S. The normalized spacial score (nSPS) is 19.9. The quantitative estimate of drug-likeness (QED) is 0.857. The van der Waals surface area contributed by atoms with Crippen molar-refractivity contribution in [3.8, 4) is 5.75 Å². The van der Waals surface area contributed by atoms with Crippen LogP contribution in [0.5, 0.6) is 5.75 Å². The van der Waals surface area contributed by atoms with Crippen molar-refractivity contribution in [2.45, 2.75) is 11.6 Å². The van der Waals surface area contributed by atoms with Gasteiger partial charge in [-0.1, -0.05) is 18.2 Å². The van der Waals surface area contributed by atoms with Crippen molar-refractivity contribution >= 4 is 17.7 Å². The topological polar surface area (TPSA) is 29.5 Å². The molecule has 7 heteroatoms. The Kier molecular flexibility index (Phi) is 3.93. The summed E-state index contributed by atoms with van der Waals surface area (Å²) in [5.41, 5.74) is 0.588. The second-order valence-corrected chi connectivity index (χ2v) is 5.11. The molecule has 0 radical (unpaired) electrons. The van der Waals surface area contributed by atoms with Gasteiger partial charge in [0, 0.05) is 5.56 Å². The van der Waals surface area contributed by atoms with Gasteiger partial charge >= 0.3 is 6.18 Å². The summed E-state index contributed by atoms with van der Waals surface area (Å²) < 4.78 is 42.7. The maximum atomic E-state index is 12.5. The molecule has 1 saturated heterocycles. The number of hydrogen-bond donors (Lipinski definition) is 0. The van der Waals surface area contributed by atoms with Gasteiger partial charge in [-0.2, -0.15) is 13.2 Å². The first-order valence-electron chi connectivity index (χ1n) is 5.53. The van der Waals surface area contributed by atoms with Crippen molar-refractivity contribution < 1.29 is 22.7 Å². The molecular weight excluding hydrogens is 279 g/mol. The van der Waals surface area contributed by atoms with Gasteiger partial charge in [0.2, 0.25) is 5.91 Å². The zero-order valence-corrected chi connectivity index (χ0v) is 10.9. The average molecular weight is 291 g/mol. The lowest BCUT2D eigenvalue weighted by Gasteiger charge is -2.26. The number of para-hydroxylation sites is 1. The number of ether oxygens (including phenoxy) is 1. The van der Waals surface area contributed by atoms with Gasteiger partial charge in [-0.25, -0.2) is 0 Å². The fraction of sp³-hybridized carbons (Fsp3) is 0.417. The largest absolute Gasteiger partial charge is 0.496 e. The molecule has 1 aliphatic heterocycles. The van der Waals surface area contributed by atoms with Crippen LogP contribution in [0.2, 0.25) is 0 Å². The summed E-state index contributed by atoms with van der Waals surface area (Å²) >= 11 is 1.18. The van der Waals surface area contributed by atoms with Gasteiger partial charge in [-0.15, -0.1) is 11.8 Å². The number of alkyl halides is 3. The first kappa shape index (κ1) is 14.0. The maximum absolute atomic E-state index is 12.5. The number of rotatable bonds is 3. The van der Waals surface area contributed by atoms with Gasteiger partial charge in [-0.3, -0.25) is 4.79 Å². The molecule has 1 aromatic rings. The van der Waals surface area contributed by atoms with E-state index in [0.717, 1.165) is 4.90 Å². The number of methoxy groups -OCH3 is 1. The Morgan fingerprint density at radius 3 is 2.74 bits per heavy atom. The molecule has 1 aromatic carbocycles. The van der Waals surface area contributed by atoms with Crippen molar-refractivity contribution in [1.82, 2.24) is 4.90 Å². The van der Waals surface area contributed by atoms with Crippen LogP contribution in [0, 0.1) is 0 Å². The Bertz CT molecular complexity index is 478. The highest BCUT2D eigenvalue weighted by molar-refractivity contribution is 8.00. The van der Waals surface area contributed by atoms with E-state index in [9.17, 15) is 18.0 Å². The van der Waals surface area contributed by atoms with Crippen LogP contribution in [0.1, 0.15) is 10.9 Å². The van der Waals surface area contributed by atoms with Gasteiger partial charge in [-0.05, 0) is 6.07 Å². The summed E-state index contributed by atoms with van der Waals surface area (Å²) in [6.45, 7) is -1.23. The molecule has 104 valence electrons. The smallest absolute Gasteiger partial charge is 0.406 e. The van der Waals surface area contributed by atoms with Crippen molar-refractivity contribution in [2.24, 2.45) is 0 Å². The van der Waals surface area contributed by atoms with E-state index in [1.807, 2.05) is 0 Å². The number of thioether (sulfide) groups is 1. The van der Waals surface area contributed by atoms with E-state index in [1.165, 1.54) is 18.9 Å². The van der Waals surface area contributed by atoms with E-state index >= 15 is 0 Å². The molecule has 1 unspecified atom stereocenters. The molecule has 19 heavy (non-hydrogen) atoms. The maximum Gasteiger partial charge on any atom is 0.406 e. The van der Waals surface area contributed by atoms with E-state index in [-0.39, 0.29) is 5.75 Å². The van der Waals surface area contributed by atoms with Crippen molar-refractivity contribution in [3.63, 3.8) is 0 Å². The Balaban J connectivity index is 2.30. The first-order chi connectivity index (χ1) is 8.92. The molecule has 2 rings (SSSR count). The number of hydrogen-bond acceptors (Lipinski definition) is 3. The van der Waals surface area contributed by atoms with Crippen molar-refractivity contribution in [3.05, 3.63) is 29.8 Å². The fourth-order valence-electron chi connectivity index (χ4n) is 1.95. The lowest BCUT2D eigenvalue weighted by atomic mass is 10.2. The van der Waals surface area contributed by atoms with Gasteiger partial charge in [0.25, 0.3) is 0 Å². The average Bonchev–Trinajstić information content (AvgIpc) is 2.69. The van der Waals surface area contributed by atoms with Crippen molar-refractivity contribution in [2.75, 3.05) is 19.4 Å². The second-order valence-electron chi connectivity index (χ2n) is 4.04. The zero-order chi connectivity index (χ0) is 14.0. The zero-order valence-electron chi connectivity index (χ0n) is 10.1. The summed E-state index contributed by atoms with van der Waals surface area (Å²) in [7, 11) is 1.45. The Morgan fingerprint density at radius 2 is 2.11 bits per heavy atom. The number of halogens is 3. The van der Waals surface area contributed by atoms with Crippen LogP contribution in [0.25, 0.3) is 0 Å². The van der Waals surface area contributed by atoms with Crippen LogP contribution in [-0.2, 0) is 4.79 Å². The third-order valence-electron chi connectivity index (χ3n) is 2.72. The highest BCUT2D eigenvalue weighted by atomic mass is 32.2. The number of benzene rings is 1. The Hall–Kier alpha value is -1.37. The number of amides is 1. The molecule has 0 N–H and O–H groups in total. The molecule has 1 heterocycles. The summed E-state index contributed by atoms with van der Waals surface area (Å²) in [5, 5.41) is -0.648. The number of carbonyl (C=O) groups is 1. The molecule has 3 nitrogen and oxygen atoms in total. The SMILES string of the molecule is COc1ccccc1C1SCC(=O)N1CC(F)(F)F. The van der Waals surface area contributed by atoms with Crippen LogP contribution in [0.15, 0.2) is 24.3 Å². The molecule has 1 amide bonds. The predicted molar refractivity (Wildman–Crippen MR) is 66.0 cm³/mol. The number of carbonyl (C=O) groups excluding carboxylic acids is 1. The lowest BCUT2D eigenvalue weighted by Crippen LogP contribution is -2.37. The molecule has 1 aliphatic rings. The third kappa shape index (κ3) is 3.15. The molecule has 0 bridgehead atoms. The molecule has 1 fully saturated rings. The highest BCUT2D eigenvalue weighted by Gasteiger charge is 2.41. The van der Waals surface area contributed by atoms with Gasteiger partial charge < -0.3 is 9.64 Å². The summed E-state index contributed by atoms with van der Waals surface area (Å²) in [6, 6.07) is 6.80. The van der Waals surface area contributed by atoms with E-state index in [2.05, 4.69) is 0 Å². The van der Waals surface area contributed by atoms with E-state index < -0.39 is 24.0 Å². The predicted octanol–water partition coefficient (Wildman–Crippen LogP) is 2.83. The van der Waals surface area contributed by atoms with Crippen LogP contribution < -0.4 is 4.74 Å². The van der Waals surface area contributed by atoms with Crippen molar-refractivity contribution in [1.29, 1.82) is 0 Å². The minimum atomic E-state index is -4.40. The van der Waals surface area contributed by atoms with Crippen LogP contribution in [0.3, 0.4) is 0 Å². The third-order valence-corrected chi connectivity index (χ3v) is 3.96. The minimum absolute atomic E-state index is 0.0544. The number of nitrogens with zero attached hydrogens (tertiary/aromatic N) is 1. The summed E-state index contributed by atoms with van der Waals surface area (Å²) in [4.78, 5) is 12.4. The minimum Gasteiger partial charge on any atom is -0.496 e. The molecule has 0 aliphatic carbocycles. The van der Waals surface area contributed by atoms with Gasteiger partial charge in [0.05, 0.1) is 12.9 Å². The summed E-state index contributed by atoms with van der Waals surface area (Å²) in [6.07, 6.45) is -4.40. The summed E-state index contributed by atoms with van der Waals surface area (Å²) in [5.74, 6) is 0.0406. The van der Waals surface area contributed by atoms with E-state index in [1.54, 1.807) is 24.3 Å². The monoisotopic (exact) mass is 291 g/mol. The van der Waals surface area contributed by atoms with E-state index in [0.29, 0.717) is 11.3 Å².